The molecule has 10 aromatic rings. The third-order valence-electron chi connectivity index (χ3n) is 9.21. The number of hydrogen-bond donors (Lipinski definition) is 0. The molecule has 0 aliphatic rings. The molecule has 10 rings (SSSR count). The van der Waals surface area contributed by atoms with Crippen molar-refractivity contribution in [3.8, 4) is 22.5 Å². The molecule has 3 nitrogen and oxygen atoms in total. The highest BCUT2D eigenvalue weighted by atomic mass is 16.3. The standard InChI is InChI=1S/C42H24N2O/c1-2-11-26(12-3-1)39-40(44-41-30-13-5-4-10-25(30)20-23-35(41)43-39)28-19-21-29-27(24-28)18-22-34-37(29)31-14-6-7-15-32(31)42-38(34)33-16-8-9-17-36(33)45-42/h1-24H. The second-order valence-electron chi connectivity index (χ2n) is 11.7. The van der Waals surface area contributed by atoms with E-state index in [9.17, 15) is 0 Å². The van der Waals surface area contributed by atoms with Gasteiger partial charge in [-0.3, -0.25) is 0 Å². The van der Waals surface area contributed by atoms with E-state index in [2.05, 4.69) is 133 Å². The number of para-hydroxylation sites is 1. The van der Waals surface area contributed by atoms with Gasteiger partial charge in [-0.2, -0.15) is 0 Å². The summed E-state index contributed by atoms with van der Waals surface area (Å²) in [5.41, 5.74) is 7.53. The monoisotopic (exact) mass is 572 g/mol. The fourth-order valence-corrected chi connectivity index (χ4v) is 7.17. The Morgan fingerprint density at radius 3 is 1.98 bits per heavy atom. The van der Waals surface area contributed by atoms with Crippen LogP contribution in [0.5, 0.6) is 0 Å². The Balaban J connectivity index is 1.29. The van der Waals surface area contributed by atoms with Crippen molar-refractivity contribution < 1.29 is 4.42 Å². The van der Waals surface area contributed by atoms with E-state index in [-0.39, 0.29) is 0 Å². The van der Waals surface area contributed by atoms with Gasteiger partial charge in [-0.15, -0.1) is 0 Å². The summed E-state index contributed by atoms with van der Waals surface area (Å²) in [5, 5.41) is 11.7. The second kappa shape index (κ2) is 9.22. The molecule has 0 radical (unpaired) electrons. The molecular formula is C42H24N2O. The summed E-state index contributed by atoms with van der Waals surface area (Å²) in [6.07, 6.45) is 0. The largest absolute Gasteiger partial charge is 0.455 e. The summed E-state index contributed by atoms with van der Waals surface area (Å²) in [7, 11) is 0. The Labute approximate surface area is 258 Å². The smallest absolute Gasteiger partial charge is 0.143 e. The Kier molecular flexibility index (Phi) is 5.00. The molecule has 8 aromatic carbocycles. The van der Waals surface area contributed by atoms with Crippen molar-refractivity contribution in [3.63, 3.8) is 0 Å². The highest BCUT2D eigenvalue weighted by molar-refractivity contribution is 6.34. The van der Waals surface area contributed by atoms with Gasteiger partial charge in [0.25, 0.3) is 0 Å². The molecule has 2 aromatic heterocycles. The molecule has 0 N–H and O–H groups in total. The molecule has 0 bridgehead atoms. The SMILES string of the molecule is c1ccc(-c2nc3ccc4ccccc4c3nc2-c2ccc3c(ccc4c3c3ccccc3c3oc5ccccc5c43)c2)cc1. The molecule has 208 valence electrons. The topological polar surface area (TPSA) is 38.9 Å². The van der Waals surface area contributed by atoms with Crippen LogP contribution in [0.2, 0.25) is 0 Å². The molecule has 0 atom stereocenters. The predicted octanol–water partition coefficient (Wildman–Crippen LogP) is 11.5. The average Bonchev–Trinajstić information content (AvgIpc) is 3.51. The predicted molar refractivity (Wildman–Crippen MR) is 188 cm³/mol. The maximum Gasteiger partial charge on any atom is 0.143 e. The first-order chi connectivity index (χ1) is 22.3. The molecule has 45 heavy (non-hydrogen) atoms. The third-order valence-corrected chi connectivity index (χ3v) is 9.21. The minimum absolute atomic E-state index is 0.883. The number of hydrogen-bond acceptors (Lipinski definition) is 3. The highest BCUT2D eigenvalue weighted by Crippen LogP contribution is 2.44. The lowest BCUT2D eigenvalue weighted by Gasteiger charge is -2.14. The summed E-state index contributed by atoms with van der Waals surface area (Å²) in [6.45, 7) is 0. The molecule has 0 aliphatic carbocycles. The first-order valence-corrected chi connectivity index (χ1v) is 15.3. The van der Waals surface area contributed by atoms with Crippen LogP contribution in [-0.4, -0.2) is 9.97 Å². The van der Waals surface area contributed by atoms with Gasteiger partial charge in [-0.25, -0.2) is 9.97 Å². The van der Waals surface area contributed by atoms with Crippen molar-refractivity contribution in [3.05, 3.63) is 146 Å². The lowest BCUT2D eigenvalue weighted by molar-refractivity contribution is 0.673. The van der Waals surface area contributed by atoms with Crippen LogP contribution in [0.4, 0.5) is 0 Å². The van der Waals surface area contributed by atoms with Gasteiger partial charge in [0.15, 0.2) is 0 Å². The quantitative estimate of drug-likeness (QED) is 0.193. The molecule has 0 aliphatic heterocycles. The minimum Gasteiger partial charge on any atom is -0.455 e. The zero-order chi connectivity index (χ0) is 29.5. The van der Waals surface area contributed by atoms with Crippen molar-refractivity contribution in [1.29, 1.82) is 0 Å². The summed E-state index contributed by atoms with van der Waals surface area (Å²) < 4.78 is 6.47. The highest BCUT2D eigenvalue weighted by Gasteiger charge is 2.19. The van der Waals surface area contributed by atoms with Gasteiger partial charge >= 0.3 is 0 Å². The number of nitrogens with zero attached hydrogens (tertiary/aromatic N) is 2. The maximum absolute atomic E-state index is 6.47. The van der Waals surface area contributed by atoms with Crippen LogP contribution in [-0.2, 0) is 0 Å². The zero-order valence-corrected chi connectivity index (χ0v) is 24.2. The van der Waals surface area contributed by atoms with Crippen molar-refractivity contribution in [2.45, 2.75) is 0 Å². The second-order valence-corrected chi connectivity index (χ2v) is 11.7. The Hall–Kier alpha value is -6.06. The number of furan rings is 1. The number of aromatic nitrogens is 2. The first kappa shape index (κ1) is 24.4. The molecule has 0 fully saturated rings. The van der Waals surface area contributed by atoms with Crippen LogP contribution in [0.25, 0.3) is 98.6 Å². The van der Waals surface area contributed by atoms with Gasteiger partial charge in [-0.05, 0) is 50.5 Å². The Morgan fingerprint density at radius 2 is 1.09 bits per heavy atom. The summed E-state index contributed by atoms with van der Waals surface area (Å²) >= 11 is 0. The van der Waals surface area contributed by atoms with Gasteiger partial charge in [0.2, 0.25) is 0 Å². The summed E-state index contributed by atoms with van der Waals surface area (Å²) in [5.74, 6) is 0. The first-order valence-electron chi connectivity index (χ1n) is 15.3. The third kappa shape index (κ3) is 3.52. The van der Waals surface area contributed by atoms with E-state index in [1.165, 1.54) is 26.9 Å². The van der Waals surface area contributed by atoms with E-state index in [1.807, 2.05) is 12.1 Å². The summed E-state index contributed by atoms with van der Waals surface area (Å²) in [6, 6.07) is 51.2. The molecule has 0 saturated carbocycles. The number of benzene rings is 8. The Bertz CT molecular complexity index is 2810. The molecule has 0 saturated heterocycles. The van der Waals surface area contributed by atoms with Gasteiger partial charge in [-0.1, -0.05) is 127 Å². The van der Waals surface area contributed by atoms with E-state index in [4.69, 9.17) is 14.4 Å². The molecule has 3 heteroatoms. The van der Waals surface area contributed by atoms with E-state index in [1.54, 1.807) is 0 Å². The molecule has 0 unspecified atom stereocenters. The molecule has 2 heterocycles. The minimum atomic E-state index is 0.883. The lowest BCUT2D eigenvalue weighted by atomic mass is 9.91. The van der Waals surface area contributed by atoms with Crippen LogP contribution in [0.3, 0.4) is 0 Å². The lowest BCUT2D eigenvalue weighted by Crippen LogP contribution is -1.96. The van der Waals surface area contributed by atoms with Crippen molar-refractivity contribution >= 4 is 76.1 Å². The van der Waals surface area contributed by atoms with E-state index in [0.717, 1.165) is 71.6 Å². The number of rotatable bonds is 2. The van der Waals surface area contributed by atoms with Crippen LogP contribution in [0, 0.1) is 0 Å². The van der Waals surface area contributed by atoms with Crippen LogP contribution in [0.15, 0.2) is 150 Å². The average molecular weight is 573 g/mol. The maximum atomic E-state index is 6.47. The molecule has 0 amide bonds. The fraction of sp³-hybridized carbons (Fsp3) is 0. The summed E-state index contributed by atoms with van der Waals surface area (Å²) in [4.78, 5) is 10.6. The fourth-order valence-electron chi connectivity index (χ4n) is 7.17. The number of fused-ring (bicyclic) bond motifs is 13. The molecular weight excluding hydrogens is 548 g/mol. The molecule has 0 spiro atoms. The van der Waals surface area contributed by atoms with Gasteiger partial charge in [0, 0.05) is 32.7 Å². The van der Waals surface area contributed by atoms with Gasteiger partial charge in [0.05, 0.1) is 22.4 Å². The van der Waals surface area contributed by atoms with Crippen molar-refractivity contribution in [1.82, 2.24) is 9.97 Å². The van der Waals surface area contributed by atoms with Crippen LogP contribution < -0.4 is 0 Å². The van der Waals surface area contributed by atoms with Crippen LogP contribution in [0.1, 0.15) is 0 Å². The van der Waals surface area contributed by atoms with Crippen molar-refractivity contribution in [2.75, 3.05) is 0 Å². The van der Waals surface area contributed by atoms with Crippen molar-refractivity contribution in [2.24, 2.45) is 0 Å². The van der Waals surface area contributed by atoms with Crippen LogP contribution >= 0.6 is 0 Å². The zero-order valence-electron chi connectivity index (χ0n) is 24.2. The van der Waals surface area contributed by atoms with E-state index in [0.29, 0.717) is 0 Å². The van der Waals surface area contributed by atoms with E-state index < -0.39 is 0 Å². The van der Waals surface area contributed by atoms with Gasteiger partial charge < -0.3 is 4.42 Å². The van der Waals surface area contributed by atoms with E-state index >= 15 is 0 Å². The Morgan fingerprint density at radius 1 is 0.400 bits per heavy atom. The van der Waals surface area contributed by atoms with Gasteiger partial charge in [0.1, 0.15) is 11.2 Å². The normalized spacial score (nSPS) is 12.0.